The SMILES string of the molecule is C[C@H](Nc1ncccc1C#N)c1cccc(F)c1. The number of hydrogen-bond acceptors (Lipinski definition) is 3. The molecule has 4 heteroatoms. The molecule has 1 heterocycles. The molecule has 0 radical (unpaired) electrons. The van der Waals surface area contributed by atoms with E-state index >= 15 is 0 Å². The van der Waals surface area contributed by atoms with E-state index in [1.807, 2.05) is 13.0 Å². The molecule has 0 bridgehead atoms. The first-order chi connectivity index (χ1) is 8.70. The summed E-state index contributed by atoms with van der Waals surface area (Å²) in [7, 11) is 0. The third-order valence-electron chi connectivity index (χ3n) is 2.63. The molecule has 0 aliphatic rings. The van der Waals surface area contributed by atoms with E-state index in [4.69, 9.17) is 5.26 Å². The summed E-state index contributed by atoms with van der Waals surface area (Å²) < 4.78 is 13.1. The maximum atomic E-state index is 13.1. The van der Waals surface area contributed by atoms with E-state index in [0.717, 1.165) is 5.56 Å². The van der Waals surface area contributed by atoms with Crippen LogP contribution in [0.15, 0.2) is 42.6 Å². The molecule has 1 atom stereocenters. The zero-order chi connectivity index (χ0) is 13.0. The molecule has 0 aliphatic heterocycles. The van der Waals surface area contributed by atoms with Gasteiger partial charge in [-0.2, -0.15) is 5.26 Å². The Morgan fingerprint density at radius 1 is 1.33 bits per heavy atom. The monoisotopic (exact) mass is 241 g/mol. The van der Waals surface area contributed by atoms with Crippen molar-refractivity contribution in [2.45, 2.75) is 13.0 Å². The predicted molar refractivity (Wildman–Crippen MR) is 67.4 cm³/mol. The van der Waals surface area contributed by atoms with Crippen LogP contribution in [0.25, 0.3) is 0 Å². The second kappa shape index (κ2) is 5.28. The highest BCUT2D eigenvalue weighted by Crippen LogP contribution is 2.20. The van der Waals surface area contributed by atoms with Crippen molar-refractivity contribution in [2.75, 3.05) is 5.32 Å². The number of rotatable bonds is 3. The highest BCUT2D eigenvalue weighted by atomic mass is 19.1. The van der Waals surface area contributed by atoms with Gasteiger partial charge in [0.25, 0.3) is 0 Å². The summed E-state index contributed by atoms with van der Waals surface area (Å²) in [4.78, 5) is 4.11. The van der Waals surface area contributed by atoms with Crippen LogP contribution in [0.1, 0.15) is 24.1 Å². The van der Waals surface area contributed by atoms with Gasteiger partial charge in [-0.05, 0) is 36.8 Å². The van der Waals surface area contributed by atoms with Crippen LogP contribution in [-0.4, -0.2) is 4.98 Å². The van der Waals surface area contributed by atoms with Crippen molar-refractivity contribution in [1.82, 2.24) is 4.98 Å². The van der Waals surface area contributed by atoms with E-state index in [9.17, 15) is 4.39 Å². The molecular weight excluding hydrogens is 229 g/mol. The van der Waals surface area contributed by atoms with Crippen molar-refractivity contribution in [3.05, 3.63) is 59.5 Å². The molecule has 0 saturated heterocycles. The van der Waals surface area contributed by atoms with Gasteiger partial charge in [0.2, 0.25) is 0 Å². The molecule has 2 aromatic rings. The van der Waals surface area contributed by atoms with Gasteiger partial charge < -0.3 is 5.32 Å². The number of halogens is 1. The van der Waals surface area contributed by atoms with Gasteiger partial charge in [-0.1, -0.05) is 12.1 Å². The molecule has 90 valence electrons. The summed E-state index contributed by atoms with van der Waals surface area (Å²) in [6.07, 6.45) is 1.61. The van der Waals surface area contributed by atoms with Gasteiger partial charge in [0.05, 0.1) is 11.6 Å². The lowest BCUT2D eigenvalue weighted by Gasteiger charge is -2.15. The Bertz CT molecular complexity index is 590. The van der Waals surface area contributed by atoms with Gasteiger partial charge in [0, 0.05) is 6.20 Å². The summed E-state index contributed by atoms with van der Waals surface area (Å²) >= 11 is 0. The minimum atomic E-state index is -0.275. The van der Waals surface area contributed by atoms with Gasteiger partial charge in [-0.3, -0.25) is 0 Å². The molecule has 2 rings (SSSR count). The second-order valence-electron chi connectivity index (χ2n) is 3.93. The van der Waals surface area contributed by atoms with Crippen molar-refractivity contribution in [1.29, 1.82) is 5.26 Å². The largest absolute Gasteiger partial charge is 0.362 e. The smallest absolute Gasteiger partial charge is 0.144 e. The Kier molecular flexibility index (Phi) is 3.54. The quantitative estimate of drug-likeness (QED) is 0.897. The van der Waals surface area contributed by atoms with E-state index in [1.165, 1.54) is 12.1 Å². The fourth-order valence-electron chi connectivity index (χ4n) is 1.67. The minimum Gasteiger partial charge on any atom is -0.362 e. The first kappa shape index (κ1) is 12.1. The standard InChI is InChI=1S/C14H12FN3/c1-10(11-4-2-6-13(15)8-11)18-14-12(9-16)5-3-7-17-14/h2-8,10H,1H3,(H,17,18)/t10-/m0/s1. The number of nitriles is 1. The second-order valence-corrected chi connectivity index (χ2v) is 3.93. The lowest BCUT2D eigenvalue weighted by Crippen LogP contribution is -2.09. The fourth-order valence-corrected chi connectivity index (χ4v) is 1.67. The van der Waals surface area contributed by atoms with Gasteiger partial charge in [-0.15, -0.1) is 0 Å². The summed E-state index contributed by atoms with van der Waals surface area (Å²) in [6.45, 7) is 1.89. The Labute approximate surface area is 105 Å². The van der Waals surface area contributed by atoms with E-state index in [0.29, 0.717) is 11.4 Å². The predicted octanol–water partition coefficient (Wildman–Crippen LogP) is 3.27. The van der Waals surface area contributed by atoms with Crippen LogP contribution in [0.3, 0.4) is 0 Å². The molecule has 3 nitrogen and oxygen atoms in total. The molecule has 0 amide bonds. The van der Waals surface area contributed by atoms with Crippen LogP contribution < -0.4 is 5.32 Å². The average molecular weight is 241 g/mol. The van der Waals surface area contributed by atoms with Crippen LogP contribution in [0.5, 0.6) is 0 Å². The van der Waals surface area contributed by atoms with Crippen LogP contribution in [0.4, 0.5) is 10.2 Å². The maximum absolute atomic E-state index is 13.1. The fraction of sp³-hybridized carbons (Fsp3) is 0.143. The van der Waals surface area contributed by atoms with Crippen molar-refractivity contribution in [3.63, 3.8) is 0 Å². The van der Waals surface area contributed by atoms with Gasteiger partial charge >= 0.3 is 0 Å². The molecule has 0 aliphatic carbocycles. The van der Waals surface area contributed by atoms with Crippen LogP contribution in [0, 0.1) is 17.1 Å². The maximum Gasteiger partial charge on any atom is 0.144 e. The topological polar surface area (TPSA) is 48.7 Å². The van der Waals surface area contributed by atoms with Crippen molar-refractivity contribution in [2.24, 2.45) is 0 Å². The van der Waals surface area contributed by atoms with Crippen molar-refractivity contribution < 1.29 is 4.39 Å². The number of hydrogen-bond donors (Lipinski definition) is 1. The van der Waals surface area contributed by atoms with Crippen LogP contribution in [0.2, 0.25) is 0 Å². The molecule has 0 spiro atoms. The minimum absolute atomic E-state index is 0.123. The lowest BCUT2D eigenvalue weighted by atomic mass is 10.1. The summed E-state index contributed by atoms with van der Waals surface area (Å²) in [5, 5.41) is 12.1. The van der Waals surface area contributed by atoms with Gasteiger partial charge in [0.1, 0.15) is 17.7 Å². The summed E-state index contributed by atoms with van der Waals surface area (Å²) in [6, 6.07) is 11.7. The first-order valence-electron chi connectivity index (χ1n) is 5.58. The lowest BCUT2D eigenvalue weighted by molar-refractivity contribution is 0.623. The molecule has 0 unspecified atom stereocenters. The Balaban J connectivity index is 2.22. The number of benzene rings is 1. The molecule has 0 fully saturated rings. The number of pyridine rings is 1. The van der Waals surface area contributed by atoms with Crippen LogP contribution in [-0.2, 0) is 0 Å². The zero-order valence-electron chi connectivity index (χ0n) is 9.89. The molecule has 18 heavy (non-hydrogen) atoms. The van der Waals surface area contributed by atoms with Crippen LogP contribution >= 0.6 is 0 Å². The highest BCUT2D eigenvalue weighted by Gasteiger charge is 2.09. The number of aromatic nitrogens is 1. The number of nitrogens with zero attached hydrogens (tertiary/aromatic N) is 2. The van der Waals surface area contributed by atoms with E-state index < -0.39 is 0 Å². The Hall–Kier alpha value is -2.41. The summed E-state index contributed by atoms with van der Waals surface area (Å²) in [5.74, 6) is 0.236. The molecule has 1 aromatic carbocycles. The van der Waals surface area contributed by atoms with E-state index in [1.54, 1.807) is 24.4 Å². The van der Waals surface area contributed by atoms with Crippen molar-refractivity contribution >= 4 is 5.82 Å². The highest BCUT2D eigenvalue weighted by molar-refractivity contribution is 5.52. The normalized spacial score (nSPS) is 11.6. The Morgan fingerprint density at radius 3 is 2.89 bits per heavy atom. The van der Waals surface area contributed by atoms with Crippen molar-refractivity contribution in [3.8, 4) is 6.07 Å². The number of anilines is 1. The molecular formula is C14H12FN3. The van der Waals surface area contributed by atoms with Gasteiger partial charge in [-0.25, -0.2) is 9.37 Å². The van der Waals surface area contributed by atoms with E-state index in [2.05, 4.69) is 16.4 Å². The molecule has 0 saturated carbocycles. The van der Waals surface area contributed by atoms with E-state index in [-0.39, 0.29) is 11.9 Å². The third-order valence-corrected chi connectivity index (χ3v) is 2.63. The number of nitrogens with one attached hydrogen (secondary N) is 1. The Morgan fingerprint density at radius 2 is 2.17 bits per heavy atom. The molecule has 1 N–H and O–H groups in total. The zero-order valence-corrected chi connectivity index (χ0v) is 9.89. The first-order valence-corrected chi connectivity index (χ1v) is 5.58. The third kappa shape index (κ3) is 2.64. The molecule has 1 aromatic heterocycles. The average Bonchev–Trinajstić information content (AvgIpc) is 2.39. The van der Waals surface area contributed by atoms with Gasteiger partial charge in [0.15, 0.2) is 0 Å². The summed E-state index contributed by atoms with van der Waals surface area (Å²) in [5.41, 5.74) is 1.28.